The van der Waals surface area contributed by atoms with Crippen LogP contribution in [0.4, 0.5) is 0 Å². The Bertz CT molecular complexity index is 1110. The molecule has 1 aliphatic heterocycles. The van der Waals surface area contributed by atoms with E-state index in [-0.39, 0.29) is 18.1 Å². The maximum absolute atomic E-state index is 12.5. The van der Waals surface area contributed by atoms with Gasteiger partial charge in [-0.15, -0.1) is 0 Å². The summed E-state index contributed by atoms with van der Waals surface area (Å²) in [7, 11) is 0. The third-order valence-electron chi connectivity index (χ3n) is 5.44. The van der Waals surface area contributed by atoms with E-state index in [1.807, 2.05) is 19.9 Å². The summed E-state index contributed by atoms with van der Waals surface area (Å²) in [4.78, 5) is 37.9. The Morgan fingerprint density at radius 2 is 1.81 bits per heavy atom. The number of fused-ring (bicyclic) bond motifs is 2. The molecule has 0 atom stereocenters. The maximum atomic E-state index is 12.5. The Hall–Kier alpha value is -2.89. The van der Waals surface area contributed by atoms with Crippen LogP contribution in [-0.4, -0.2) is 29.7 Å². The molecule has 0 radical (unpaired) electrons. The van der Waals surface area contributed by atoms with Gasteiger partial charge in [0.2, 0.25) is 5.91 Å². The lowest BCUT2D eigenvalue weighted by Gasteiger charge is -2.26. The third-order valence-corrected chi connectivity index (χ3v) is 5.44. The molecule has 27 heavy (non-hydrogen) atoms. The normalized spacial score (nSPS) is 15.0. The van der Waals surface area contributed by atoms with Crippen molar-refractivity contribution in [2.45, 2.75) is 39.5 Å². The van der Waals surface area contributed by atoms with Crippen LogP contribution in [0.2, 0.25) is 0 Å². The van der Waals surface area contributed by atoms with Crippen LogP contribution in [-0.2, 0) is 16.0 Å². The zero-order chi connectivity index (χ0) is 19.1. The minimum absolute atomic E-state index is 0.0254. The molecule has 0 aliphatic carbocycles. The van der Waals surface area contributed by atoms with Crippen molar-refractivity contribution in [2.24, 2.45) is 0 Å². The summed E-state index contributed by atoms with van der Waals surface area (Å²) in [5.41, 5.74) is 3.15. The summed E-state index contributed by atoms with van der Waals surface area (Å²) >= 11 is 0. The number of likely N-dealkylation sites (tertiary alicyclic amines) is 1. The molecule has 140 valence electrons. The number of carbonyl (C=O) groups is 2. The van der Waals surface area contributed by atoms with Crippen LogP contribution in [0.3, 0.4) is 0 Å². The van der Waals surface area contributed by atoms with Gasteiger partial charge in [0.25, 0.3) is 0 Å². The second kappa shape index (κ2) is 6.68. The summed E-state index contributed by atoms with van der Waals surface area (Å²) in [6.07, 6.45) is 3.08. The molecule has 3 aromatic rings. The minimum atomic E-state index is -0.413. The average molecular weight is 367 g/mol. The van der Waals surface area contributed by atoms with Crippen molar-refractivity contribution in [2.75, 3.05) is 13.1 Å². The molecule has 3 heterocycles. The fourth-order valence-corrected chi connectivity index (χ4v) is 3.72. The molecular weight excluding hydrogens is 346 g/mol. The van der Waals surface area contributed by atoms with Crippen molar-refractivity contribution in [3.05, 3.63) is 45.5 Å². The molecule has 0 spiro atoms. The summed E-state index contributed by atoms with van der Waals surface area (Å²) in [6.45, 7) is 4.80. The van der Waals surface area contributed by atoms with Crippen LogP contribution in [0.5, 0.6) is 0 Å². The lowest BCUT2D eigenvalue weighted by molar-refractivity contribution is -0.134. The zero-order valence-electron chi connectivity index (χ0n) is 15.5. The number of rotatable bonds is 3. The number of benzene rings is 1. The predicted molar refractivity (Wildman–Crippen MR) is 101 cm³/mol. The number of hydrogen-bond donors (Lipinski definition) is 0. The van der Waals surface area contributed by atoms with Crippen molar-refractivity contribution < 1.29 is 18.4 Å². The molecule has 0 saturated carbocycles. The molecule has 2 aromatic heterocycles. The molecule has 0 unspecified atom stereocenters. The van der Waals surface area contributed by atoms with Crippen molar-refractivity contribution in [1.29, 1.82) is 0 Å². The van der Waals surface area contributed by atoms with Crippen LogP contribution in [0, 0.1) is 13.8 Å². The molecular formula is C21H21NO5. The van der Waals surface area contributed by atoms with Crippen molar-refractivity contribution >= 4 is 33.6 Å². The highest BCUT2D eigenvalue weighted by molar-refractivity contribution is 5.96. The van der Waals surface area contributed by atoms with Crippen LogP contribution < -0.4 is 5.63 Å². The lowest BCUT2D eigenvalue weighted by atomic mass is 10.00. The van der Waals surface area contributed by atoms with Crippen LogP contribution in [0.1, 0.15) is 36.0 Å². The Labute approximate surface area is 155 Å². The number of hydrogen-bond acceptors (Lipinski definition) is 5. The highest BCUT2D eigenvalue weighted by Crippen LogP contribution is 2.29. The summed E-state index contributed by atoms with van der Waals surface area (Å²) < 4.78 is 11.0. The first-order chi connectivity index (χ1) is 12.9. The second-order valence-electron chi connectivity index (χ2n) is 7.18. The van der Waals surface area contributed by atoms with E-state index in [9.17, 15) is 14.4 Å². The molecule has 1 amide bonds. The molecule has 0 N–H and O–H groups in total. The number of Topliss-reactive ketones (excluding diaryl/α,β-unsaturated/α-hetero) is 1. The van der Waals surface area contributed by atoms with Crippen LogP contribution >= 0.6 is 0 Å². The zero-order valence-corrected chi connectivity index (χ0v) is 15.5. The number of nitrogens with zero attached hydrogens (tertiary/aromatic N) is 1. The van der Waals surface area contributed by atoms with Gasteiger partial charge in [-0.1, -0.05) is 0 Å². The smallest absolute Gasteiger partial charge is 0.339 e. The van der Waals surface area contributed by atoms with Gasteiger partial charge in [0.05, 0.1) is 6.26 Å². The molecule has 6 heteroatoms. The van der Waals surface area contributed by atoms with Gasteiger partial charge >= 0.3 is 5.63 Å². The molecule has 1 aliphatic rings. The summed E-state index contributed by atoms with van der Waals surface area (Å²) in [5.74, 6) is 0.174. The topological polar surface area (TPSA) is 80.7 Å². The van der Waals surface area contributed by atoms with Gasteiger partial charge in [0, 0.05) is 54.8 Å². The van der Waals surface area contributed by atoms with E-state index in [1.54, 1.807) is 17.2 Å². The maximum Gasteiger partial charge on any atom is 0.339 e. The second-order valence-corrected chi connectivity index (χ2v) is 7.18. The number of carbonyl (C=O) groups excluding carboxylic acids is 2. The highest BCUT2D eigenvalue weighted by Gasteiger charge is 2.21. The van der Waals surface area contributed by atoms with Crippen LogP contribution in [0.25, 0.3) is 21.9 Å². The van der Waals surface area contributed by atoms with Gasteiger partial charge in [-0.3, -0.25) is 9.59 Å². The van der Waals surface area contributed by atoms with Gasteiger partial charge < -0.3 is 13.7 Å². The largest absolute Gasteiger partial charge is 0.464 e. The van der Waals surface area contributed by atoms with E-state index in [2.05, 4.69) is 0 Å². The average Bonchev–Trinajstić information content (AvgIpc) is 3.00. The van der Waals surface area contributed by atoms with Gasteiger partial charge in [-0.25, -0.2) is 4.79 Å². The quantitative estimate of drug-likeness (QED) is 0.664. The van der Waals surface area contributed by atoms with Gasteiger partial charge in [0.15, 0.2) is 0 Å². The fraction of sp³-hybridized carbons (Fsp3) is 0.381. The van der Waals surface area contributed by atoms with Gasteiger partial charge in [-0.05, 0) is 37.5 Å². The van der Waals surface area contributed by atoms with Crippen molar-refractivity contribution in [3.8, 4) is 0 Å². The van der Waals surface area contributed by atoms with Crippen molar-refractivity contribution in [1.82, 2.24) is 4.90 Å². The Morgan fingerprint density at radius 1 is 1.07 bits per heavy atom. The molecule has 0 bridgehead atoms. The van der Waals surface area contributed by atoms with Crippen LogP contribution in [0.15, 0.2) is 32.0 Å². The predicted octanol–water partition coefficient (Wildman–Crippen LogP) is 3.28. The molecule has 1 saturated heterocycles. The number of aryl methyl sites for hydroxylation is 2. The van der Waals surface area contributed by atoms with E-state index in [0.717, 1.165) is 21.9 Å². The van der Waals surface area contributed by atoms with E-state index in [0.29, 0.717) is 49.1 Å². The standard InChI is InChI=1S/C21H21NO5/c1-12-11-26-18-10-19-17(9-16(12)18)13(2)15(21(25)27-19)3-4-20(24)22-7-5-14(23)6-8-22/h9-11H,3-8H2,1-2H3. The fourth-order valence-electron chi connectivity index (χ4n) is 3.72. The number of furan rings is 1. The lowest BCUT2D eigenvalue weighted by Crippen LogP contribution is -2.38. The van der Waals surface area contributed by atoms with E-state index in [1.165, 1.54) is 0 Å². The summed E-state index contributed by atoms with van der Waals surface area (Å²) in [6, 6.07) is 3.72. The first kappa shape index (κ1) is 17.5. The molecule has 6 nitrogen and oxygen atoms in total. The number of amides is 1. The Morgan fingerprint density at radius 3 is 2.56 bits per heavy atom. The molecule has 1 aromatic carbocycles. The summed E-state index contributed by atoms with van der Waals surface area (Å²) in [5, 5.41) is 1.84. The first-order valence-corrected chi connectivity index (χ1v) is 9.17. The minimum Gasteiger partial charge on any atom is -0.464 e. The SMILES string of the molecule is Cc1coc2cc3oc(=O)c(CCC(=O)N4CCC(=O)CC4)c(C)c3cc12. The number of ketones is 1. The third kappa shape index (κ3) is 3.16. The van der Waals surface area contributed by atoms with Gasteiger partial charge in [0.1, 0.15) is 16.9 Å². The van der Waals surface area contributed by atoms with E-state index < -0.39 is 5.63 Å². The highest BCUT2D eigenvalue weighted by atomic mass is 16.4. The Kier molecular flexibility index (Phi) is 4.34. The first-order valence-electron chi connectivity index (χ1n) is 9.17. The van der Waals surface area contributed by atoms with E-state index >= 15 is 0 Å². The van der Waals surface area contributed by atoms with Crippen molar-refractivity contribution in [3.63, 3.8) is 0 Å². The molecule has 4 rings (SSSR count). The monoisotopic (exact) mass is 367 g/mol. The number of piperidine rings is 1. The van der Waals surface area contributed by atoms with E-state index in [4.69, 9.17) is 8.83 Å². The Balaban J connectivity index is 1.62. The molecule has 1 fully saturated rings. The van der Waals surface area contributed by atoms with Gasteiger partial charge in [-0.2, -0.15) is 0 Å².